The van der Waals surface area contributed by atoms with Gasteiger partial charge < -0.3 is 14.2 Å². The molecule has 1 aliphatic carbocycles. The molecule has 2 fully saturated rings. The molecule has 190 valence electrons. The number of piperidine rings is 1. The van der Waals surface area contributed by atoms with Crippen LogP contribution in [-0.4, -0.2) is 55.8 Å². The number of ether oxygens (including phenoxy) is 3. The zero-order chi connectivity index (χ0) is 25.5. The van der Waals surface area contributed by atoms with Crippen LogP contribution in [0.25, 0.3) is 11.1 Å². The summed E-state index contributed by atoms with van der Waals surface area (Å²) in [6.45, 7) is 0.944. The first-order chi connectivity index (χ1) is 18.0. The van der Waals surface area contributed by atoms with Gasteiger partial charge in [0.05, 0.1) is 32.4 Å². The number of morpholine rings is 1. The molecule has 6 rings (SSSR count). The first-order valence-corrected chi connectivity index (χ1v) is 12.6. The van der Waals surface area contributed by atoms with Gasteiger partial charge in [0.25, 0.3) is 0 Å². The third kappa shape index (κ3) is 4.17. The van der Waals surface area contributed by atoms with Crippen LogP contribution in [0.5, 0.6) is 5.75 Å². The molecule has 0 radical (unpaired) electrons. The van der Waals surface area contributed by atoms with E-state index in [2.05, 4.69) is 24.3 Å². The summed E-state index contributed by atoms with van der Waals surface area (Å²) in [4.78, 5) is 28.3. The number of methoxy groups -OCH3 is 1. The van der Waals surface area contributed by atoms with Gasteiger partial charge in [-0.1, -0.05) is 48.5 Å². The minimum absolute atomic E-state index is 0.0171. The van der Waals surface area contributed by atoms with Gasteiger partial charge in [-0.25, -0.2) is 9.18 Å². The van der Waals surface area contributed by atoms with E-state index in [1.165, 1.54) is 30.4 Å². The summed E-state index contributed by atoms with van der Waals surface area (Å²) in [6.07, 6.45) is 0.530. The quantitative estimate of drug-likeness (QED) is 0.436. The molecule has 2 bridgehead atoms. The van der Waals surface area contributed by atoms with Crippen LogP contribution in [0, 0.1) is 11.7 Å². The predicted octanol–water partition coefficient (Wildman–Crippen LogP) is 5.45. The lowest BCUT2D eigenvalue weighted by molar-refractivity contribution is -0.0747. The van der Waals surface area contributed by atoms with Crippen LogP contribution in [0.2, 0.25) is 0 Å². The number of benzene rings is 3. The molecule has 6 nitrogen and oxygen atoms in total. The Bertz CT molecular complexity index is 1300. The molecule has 0 spiro atoms. The standard InChI is InChI=1S/C30H28FNO5/c1-35-28-11-10-18(14-27(28)31)29(33)19-12-20-15-36-16-21(13-19)32(20)30(34)37-17-26-24-8-4-2-6-22(24)23-7-3-5-9-25(23)26/h2-11,14,19-21,26H,12-13,15-17H2,1H3. The molecule has 3 aliphatic rings. The number of nitrogens with zero attached hydrogens (tertiary/aromatic N) is 1. The minimum Gasteiger partial charge on any atom is -0.494 e. The SMILES string of the molecule is COc1ccc(C(=O)C2CC3COCC(C2)N3C(=O)OCC2c3ccccc3-c3ccccc32)cc1F. The van der Waals surface area contributed by atoms with Crippen molar-refractivity contribution in [3.05, 3.63) is 89.2 Å². The van der Waals surface area contributed by atoms with Crippen LogP contribution in [0.3, 0.4) is 0 Å². The Balaban J connectivity index is 1.16. The lowest BCUT2D eigenvalue weighted by atomic mass is 9.81. The van der Waals surface area contributed by atoms with Gasteiger partial charge in [-0.05, 0) is 53.3 Å². The maximum Gasteiger partial charge on any atom is 0.410 e. The Morgan fingerprint density at radius 1 is 0.946 bits per heavy atom. The summed E-state index contributed by atoms with van der Waals surface area (Å²) in [6, 6.07) is 20.2. The van der Waals surface area contributed by atoms with Crippen LogP contribution in [0.4, 0.5) is 9.18 Å². The molecule has 2 heterocycles. The Hall–Kier alpha value is -3.71. The molecule has 7 heteroatoms. The highest BCUT2D eigenvalue weighted by molar-refractivity contribution is 5.98. The number of fused-ring (bicyclic) bond motifs is 5. The number of amides is 1. The second-order valence-corrected chi connectivity index (χ2v) is 9.94. The average molecular weight is 502 g/mol. The van der Waals surface area contributed by atoms with Crippen LogP contribution < -0.4 is 4.74 Å². The van der Waals surface area contributed by atoms with Gasteiger partial charge in [-0.2, -0.15) is 0 Å². The summed E-state index contributed by atoms with van der Waals surface area (Å²) in [7, 11) is 1.39. The number of halogens is 1. The van der Waals surface area contributed by atoms with Gasteiger partial charge in [-0.15, -0.1) is 0 Å². The first-order valence-electron chi connectivity index (χ1n) is 12.6. The fourth-order valence-electron chi connectivity index (χ4n) is 6.15. The van der Waals surface area contributed by atoms with Crippen molar-refractivity contribution in [1.29, 1.82) is 0 Å². The van der Waals surface area contributed by atoms with Gasteiger partial charge in [0.1, 0.15) is 6.61 Å². The van der Waals surface area contributed by atoms with Crippen molar-refractivity contribution in [3.8, 4) is 16.9 Å². The van der Waals surface area contributed by atoms with E-state index in [1.54, 1.807) is 11.0 Å². The van der Waals surface area contributed by atoms with E-state index in [4.69, 9.17) is 14.2 Å². The zero-order valence-corrected chi connectivity index (χ0v) is 20.6. The van der Waals surface area contributed by atoms with Gasteiger partial charge in [-0.3, -0.25) is 9.69 Å². The number of hydrogen-bond donors (Lipinski definition) is 0. The highest BCUT2D eigenvalue weighted by atomic mass is 19.1. The van der Waals surface area contributed by atoms with Crippen molar-refractivity contribution in [1.82, 2.24) is 4.90 Å². The molecule has 3 aromatic rings. The molecular formula is C30H28FNO5. The molecule has 0 saturated carbocycles. The fourth-order valence-corrected chi connectivity index (χ4v) is 6.15. The molecule has 3 aromatic carbocycles. The number of carbonyl (C=O) groups excluding carboxylic acids is 2. The van der Waals surface area contributed by atoms with Crippen molar-refractivity contribution < 1.29 is 28.2 Å². The van der Waals surface area contributed by atoms with Gasteiger partial charge in [0.2, 0.25) is 0 Å². The van der Waals surface area contributed by atoms with Crippen molar-refractivity contribution in [2.24, 2.45) is 5.92 Å². The molecule has 2 aliphatic heterocycles. The molecule has 1 amide bonds. The second-order valence-electron chi connectivity index (χ2n) is 9.94. The molecule has 2 atom stereocenters. The Kier molecular flexibility index (Phi) is 6.16. The van der Waals surface area contributed by atoms with Crippen molar-refractivity contribution in [3.63, 3.8) is 0 Å². The Morgan fingerprint density at radius 2 is 1.57 bits per heavy atom. The van der Waals surface area contributed by atoms with E-state index >= 15 is 0 Å². The smallest absolute Gasteiger partial charge is 0.410 e. The van der Waals surface area contributed by atoms with E-state index in [1.807, 2.05) is 24.3 Å². The number of ketones is 1. The molecule has 37 heavy (non-hydrogen) atoms. The zero-order valence-electron chi connectivity index (χ0n) is 20.6. The molecule has 2 saturated heterocycles. The average Bonchev–Trinajstić information content (AvgIpc) is 3.24. The minimum atomic E-state index is -0.562. The van der Waals surface area contributed by atoms with E-state index < -0.39 is 5.82 Å². The van der Waals surface area contributed by atoms with Crippen LogP contribution in [0.1, 0.15) is 40.2 Å². The number of carbonyl (C=O) groups is 2. The maximum atomic E-state index is 14.2. The number of Topliss-reactive ketones (excluding diaryl/α,β-unsaturated/α-hetero) is 1. The van der Waals surface area contributed by atoms with Crippen molar-refractivity contribution >= 4 is 11.9 Å². The predicted molar refractivity (Wildman–Crippen MR) is 135 cm³/mol. The second kappa shape index (κ2) is 9.63. The van der Waals surface area contributed by atoms with E-state index in [0.717, 1.165) is 11.1 Å². The van der Waals surface area contributed by atoms with E-state index in [0.29, 0.717) is 31.6 Å². The molecule has 2 unspecified atom stereocenters. The lowest BCUT2D eigenvalue weighted by Crippen LogP contribution is -2.60. The fraction of sp³-hybridized carbons (Fsp3) is 0.333. The Labute approximate surface area is 214 Å². The highest BCUT2D eigenvalue weighted by Gasteiger charge is 2.45. The molecule has 0 N–H and O–H groups in total. The van der Waals surface area contributed by atoms with Gasteiger partial charge in [0.15, 0.2) is 17.3 Å². The van der Waals surface area contributed by atoms with E-state index in [9.17, 15) is 14.0 Å². The monoisotopic (exact) mass is 501 g/mol. The van der Waals surface area contributed by atoms with Gasteiger partial charge >= 0.3 is 6.09 Å². The van der Waals surface area contributed by atoms with Crippen molar-refractivity contribution in [2.75, 3.05) is 26.9 Å². The highest BCUT2D eigenvalue weighted by Crippen LogP contribution is 2.44. The maximum absolute atomic E-state index is 14.2. The van der Waals surface area contributed by atoms with E-state index in [-0.39, 0.29) is 48.2 Å². The largest absolute Gasteiger partial charge is 0.494 e. The van der Waals surface area contributed by atoms with Crippen LogP contribution >= 0.6 is 0 Å². The lowest BCUT2D eigenvalue weighted by Gasteiger charge is -2.47. The summed E-state index contributed by atoms with van der Waals surface area (Å²) in [5, 5.41) is 0. The summed E-state index contributed by atoms with van der Waals surface area (Å²) < 4.78 is 30.8. The van der Waals surface area contributed by atoms with Crippen LogP contribution in [0.15, 0.2) is 66.7 Å². The third-order valence-corrected chi connectivity index (χ3v) is 7.87. The third-order valence-electron chi connectivity index (χ3n) is 7.87. The Morgan fingerprint density at radius 3 is 2.16 bits per heavy atom. The summed E-state index contributed by atoms with van der Waals surface area (Å²) in [5.41, 5.74) is 5.00. The number of rotatable bonds is 5. The number of hydrogen-bond acceptors (Lipinski definition) is 5. The normalized spacial score (nSPS) is 22.2. The van der Waals surface area contributed by atoms with Crippen LogP contribution in [-0.2, 0) is 9.47 Å². The summed E-state index contributed by atoms with van der Waals surface area (Å²) in [5.74, 6) is -0.911. The summed E-state index contributed by atoms with van der Waals surface area (Å²) >= 11 is 0. The first kappa shape index (κ1) is 23.7. The topological polar surface area (TPSA) is 65.1 Å². The molecule has 0 aromatic heterocycles. The van der Waals surface area contributed by atoms with Gasteiger partial charge in [0, 0.05) is 17.4 Å². The molecular weight excluding hydrogens is 473 g/mol. The van der Waals surface area contributed by atoms with Crippen molar-refractivity contribution in [2.45, 2.75) is 30.8 Å².